The van der Waals surface area contributed by atoms with Crippen molar-refractivity contribution in [3.05, 3.63) is 34.9 Å². The average Bonchev–Trinajstić information content (AvgIpc) is 2.81. The summed E-state index contributed by atoms with van der Waals surface area (Å²) in [6.45, 7) is 1.15. The van der Waals surface area contributed by atoms with Crippen molar-refractivity contribution in [2.75, 3.05) is 13.2 Å². The van der Waals surface area contributed by atoms with Gasteiger partial charge in [0.15, 0.2) is 11.5 Å². The molecule has 2 amide bonds. The smallest absolute Gasteiger partial charge is 0.233 e. The average molecular weight is 334 g/mol. The highest BCUT2D eigenvalue weighted by Gasteiger charge is 2.47. The van der Waals surface area contributed by atoms with Gasteiger partial charge in [0.05, 0.1) is 23.4 Å². The first-order valence-electron chi connectivity index (χ1n) is 7.73. The summed E-state index contributed by atoms with van der Waals surface area (Å²) in [5.41, 5.74) is 0.771. The minimum absolute atomic E-state index is 0.0876. The molecule has 120 valence electrons. The number of hydrogen-bond donors (Lipinski definition) is 0. The first kappa shape index (κ1) is 14.6. The Kier molecular flexibility index (Phi) is 3.53. The molecule has 0 saturated carbocycles. The molecule has 3 aliphatic rings. The van der Waals surface area contributed by atoms with Crippen LogP contribution in [0.5, 0.6) is 11.5 Å². The van der Waals surface area contributed by atoms with Crippen molar-refractivity contribution in [1.29, 1.82) is 0 Å². The van der Waals surface area contributed by atoms with Crippen molar-refractivity contribution >= 4 is 23.4 Å². The molecule has 1 fully saturated rings. The van der Waals surface area contributed by atoms with Gasteiger partial charge in [-0.15, -0.1) is 0 Å². The third-order valence-corrected chi connectivity index (χ3v) is 4.88. The van der Waals surface area contributed by atoms with Crippen molar-refractivity contribution in [3.8, 4) is 11.5 Å². The van der Waals surface area contributed by atoms with E-state index in [4.69, 9.17) is 21.1 Å². The van der Waals surface area contributed by atoms with Gasteiger partial charge in [-0.3, -0.25) is 14.5 Å². The van der Waals surface area contributed by atoms with Gasteiger partial charge in [-0.1, -0.05) is 23.8 Å². The number of likely N-dealkylation sites (tertiary alicyclic amines) is 1. The number of amides is 2. The lowest BCUT2D eigenvalue weighted by Crippen LogP contribution is -2.30. The zero-order chi connectivity index (χ0) is 16.0. The molecule has 0 radical (unpaired) electrons. The first-order valence-corrected chi connectivity index (χ1v) is 8.11. The summed E-state index contributed by atoms with van der Waals surface area (Å²) in [5, 5.41) is 0.440. The van der Waals surface area contributed by atoms with Gasteiger partial charge in [0.25, 0.3) is 0 Å². The van der Waals surface area contributed by atoms with Crippen LogP contribution in [0.25, 0.3) is 0 Å². The van der Waals surface area contributed by atoms with Gasteiger partial charge in [-0.05, 0) is 30.5 Å². The highest BCUT2D eigenvalue weighted by atomic mass is 35.5. The lowest BCUT2D eigenvalue weighted by molar-refractivity contribution is -0.140. The molecule has 2 aliphatic heterocycles. The highest BCUT2D eigenvalue weighted by Crippen LogP contribution is 2.40. The molecular weight excluding hydrogens is 318 g/mol. The number of allylic oxidation sites excluding steroid dienone is 2. The molecule has 1 saturated heterocycles. The van der Waals surface area contributed by atoms with E-state index in [1.54, 1.807) is 12.1 Å². The second-order valence-corrected chi connectivity index (χ2v) is 6.43. The standard InChI is InChI=1S/C17H16ClNO4/c18-13-7-10(8-14-15(13)23-6-5-22-14)9-19-16(20)11-3-1-2-4-12(11)17(19)21/h1-2,7-8,11-12H,3-6,9H2/t11-,12-/m1/s1. The summed E-state index contributed by atoms with van der Waals surface area (Å²) >= 11 is 6.22. The number of fused-ring (bicyclic) bond motifs is 2. The van der Waals surface area contributed by atoms with E-state index in [-0.39, 0.29) is 30.2 Å². The van der Waals surface area contributed by atoms with E-state index in [0.717, 1.165) is 5.56 Å². The normalized spacial score (nSPS) is 25.7. The molecule has 0 aromatic heterocycles. The minimum Gasteiger partial charge on any atom is -0.486 e. The molecule has 1 aliphatic carbocycles. The summed E-state index contributed by atoms with van der Waals surface area (Å²) in [6, 6.07) is 3.52. The number of rotatable bonds is 2. The maximum atomic E-state index is 12.5. The molecule has 0 bridgehead atoms. The molecule has 1 aromatic rings. The Morgan fingerprint density at radius 1 is 1.04 bits per heavy atom. The predicted molar refractivity (Wildman–Crippen MR) is 83.4 cm³/mol. The Labute approximate surface area is 138 Å². The first-order chi connectivity index (χ1) is 11.1. The van der Waals surface area contributed by atoms with Gasteiger partial charge in [-0.2, -0.15) is 0 Å². The summed E-state index contributed by atoms with van der Waals surface area (Å²) in [7, 11) is 0. The molecule has 0 spiro atoms. The van der Waals surface area contributed by atoms with Crippen molar-refractivity contribution < 1.29 is 19.1 Å². The number of ether oxygens (including phenoxy) is 2. The summed E-state index contributed by atoms with van der Waals surface area (Å²) in [4.78, 5) is 26.4. The van der Waals surface area contributed by atoms with Crippen LogP contribution in [0.2, 0.25) is 5.02 Å². The Morgan fingerprint density at radius 2 is 1.70 bits per heavy atom. The molecule has 6 heteroatoms. The Morgan fingerprint density at radius 3 is 2.39 bits per heavy atom. The molecule has 0 unspecified atom stereocenters. The Balaban J connectivity index is 1.60. The van der Waals surface area contributed by atoms with E-state index in [1.807, 2.05) is 12.2 Å². The van der Waals surface area contributed by atoms with Gasteiger partial charge >= 0.3 is 0 Å². The second-order valence-electron chi connectivity index (χ2n) is 6.02. The molecule has 2 heterocycles. The highest BCUT2D eigenvalue weighted by molar-refractivity contribution is 6.32. The van der Waals surface area contributed by atoms with Crippen molar-refractivity contribution in [2.24, 2.45) is 11.8 Å². The fourth-order valence-corrected chi connectivity index (χ4v) is 3.75. The number of halogens is 1. The zero-order valence-corrected chi connectivity index (χ0v) is 13.2. The maximum absolute atomic E-state index is 12.5. The monoisotopic (exact) mass is 333 g/mol. The number of nitrogens with zero attached hydrogens (tertiary/aromatic N) is 1. The van der Waals surface area contributed by atoms with Gasteiger partial charge in [0.1, 0.15) is 13.2 Å². The number of carbonyl (C=O) groups is 2. The molecule has 4 rings (SSSR count). The van der Waals surface area contributed by atoms with Crippen LogP contribution < -0.4 is 9.47 Å². The quantitative estimate of drug-likeness (QED) is 0.616. The summed E-state index contributed by atoms with van der Waals surface area (Å²) in [5.74, 6) is 0.502. The van der Waals surface area contributed by atoms with Gasteiger partial charge in [0, 0.05) is 0 Å². The summed E-state index contributed by atoms with van der Waals surface area (Å²) in [6.07, 6.45) is 5.26. The number of imide groups is 1. The molecule has 2 atom stereocenters. The topological polar surface area (TPSA) is 55.8 Å². The Bertz CT molecular complexity index is 689. The van der Waals surface area contributed by atoms with Crippen molar-refractivity contribution in [1.82, 2.24) is 4.90 Å². The largest absolute Gasteiger partial charge is 0.486 e. The predicted octanol–water partition coefficient (Wildman–Crippen LogP) is 2.56. The third kappa shape index (κ3) is 2.39. The molecule has 0 N–H and O–H groups in total. The minimum atomic E-state index is -0.208. The van der Waals surface area contributed by atoms with Gasteiger partial charge in [0.2, 0.25) is 11.8 Å². The second kappa shape index (κ2) is 5.57. The Hall–Kier alpha value is -2.01. The maximum Gasteiger partial charge on any atom is 0.233 e. The van der Waals surface area contributed by atoms with Crippen molar-refractivity contribution in [2.45, 2.75) is 19.4 Å². The van der Waals surface area contributed by atoms with E-state index in [0.29, 0.717) is 42.6 Å². The van der Waals surface area contributed by atoms with Crippen LogP contribution in [0.1, 0.15) is 18.4 Å². The van der Waals surface area contributed by atoms with Crippen LogP contribution in [0.15, 0.2) is 24.3 Å². The van der Waals surface area contributed by atoms with Crippen LogP contribution in [-0.2, 0) is 16.1 Å². The fourth-order valence-electron chi connectivity index (χ4n) is 3.46. The number of benzene rings is 1. The molecule has 1 aromatic carbocycles. The third-order valence-electron chi connectivity index (χ3n) is 4.60. The SMILES string of the molecule is O=C1[C@@H]2CC=CC[C@H]2C(=O)N1Cc1cc(Cl)c2c(c1)OCCO2. The van der Waals surface area contributed by atoms with Gasteiger partial charge in [-0.25, -0.2) is 0 Å². The van der Waals surface area contributed by atoms with E-state index in [1.165, 1.54) is 4.90 Å². The molecule has 23 heavy (non-hydrogen) atoms. The van der Waals surface area contributed by atoms with Crippen molar-refractivity contribution in [3.63, 3.8) is 0 Å². The van der Waals surface area contributed by atoms with Crippen LogP contribution >= 0.6 is 11.6 Å². The van der Waals surface area contributed by atoms with E-state index >= 15 is 0 Å². The molecule has 5 nitrogen and oxygen atoms in total. The lowest BCUT2D eigenvalue weighted by atomic mass is 9.85. The van der Waals surface area contributed by atoms with Crippen LogP contribution in [0.4, 0.5) is 0 Å². The summed E-state index contributed by atoms with van der Waals surface area (Å²) < 4.78 is 11.0. The molecular formula is C17H16ClNO4. The van der Waals surface area contributed by atoms with E-state index in [2.05, 4.69) is 0 Å². The zero-order valence-electron chi connectivity index (χ0n) is 12.5. The van der Waals surface area contributed by atoms with E-state index in [9.17, 15) is 9.59 Å². The van der Waals surface area contributed by atoms with Crippen LogP contribution in [-0.4, -0.2) is 29.9 Å². The van der Waals surface area contributed by atoms with Crippen LogP contribution in [0.3, 0.4) is 0 Å². The fraction of sp³-hybridized carbons (Fsp3) is 0.412. The number of carbonyl (C=O) groups excluding carboxylic acids is 2. The van der Waals surface area contributed by atoms with Gasteiger partial charge < -0.3 is 9.47 Å². The lowest BCUT2D eigenvalue weighted by Gasteiger charge is -2.21. The van der Waals surface area contributed by atoms with E-state index < -0.39 is 0 Å². The number of hydrogen-bond acceptors (Lipinski definition) is 4. The van der Waals surface area contributed by atoms with Crippen LogP contribution in [0, 0.1) is 11.8 Å².